The monoisotopic (exact) mass is 396 g/mol. The molecule has 2 rings (SSSR count). The summed E-state index contributed by atoms with van der Waals surface area (Å²) in [6.45, 7) is 4.21. The van der Waals surface area contributed by atoms with Crippen LogP contribution in [0, 0.1) is 5.92 Å². The number of sulfonamides is 1. The average molecular weight is 397 g/mol. The molecule has 1 fully saturated rings. The van der Waals surface area contributed by atoms with Gasteiger partial charge in [0, 0.05) is 24.7 Å². The van der Waals surface area contributed by atoms with Gasteiger partial charge in [0.15, 0.2) is 0 Å². The number of rotatable bonds is 7. The van der Waals surface area contributed by atoms with Crippen LogP contribution in [0.3, 0.4) is 0 Å². The highest BCUT2D eigenvalue weighted by molar-refractivity contribution is 7.89. The number of carbonyl (C=O) groups excluding carboxylic acids is 1. The SMILES string of the molecule is CCN(CC)S(=O)(=O)c1cccc(C(=O)N[C@H]2CCCCC[C@H]2C(=O)O)c1. The number of nitrogens with one attached hydrogen (secondary N) is 1. The summed E-state index contributed by atoms with van der Waals surface area (Å²) in [6, 6.07) is 5.46. The van der Waals surface area contributed by atoms with Crippen LogP contribution in [0.4, 0.5) is 0 Å². The molecule has 1 aromatic rings. The smallest absolute Gasteiger partial charge is 0.308 e. The summed E-state index contributed by atoms with van der Waals surface area (Å²) in [7, 11) is -3.66. The highest BCUT2D eigenvalue weighted by atomic mass is 32.2. The lowest BCUT2D eigenvalue weighted by Gasteiger charge is -2.23. The summed E-state index contributed by atoms with van der Waals surface area (Å²) < 4.78 is 26.7. The van der Waals surface area contributed by atoms with Crippen molar-refractivity contribution in [2.45, 2.75) is 56.9 Å². The van der Waals surface area contributed by atoms with E-state index in [9.17, 15) is 23.1 Å². The van der Waals surface area contributed by atoms with E-state index < -0.39 is 33.9 Å². The number of carboxylic acids is 1. The lowest BCUT2D eigenvalue weighted by Crippen LogP contribution is -2.42. The highest BCUT2D eigenvalue weighted by Crippen LogP contribution is 2.24. The molecule has 7 nitrogen and oxygen atoms in total. The summed E-state index contributed by atoms with van der Waals surface area (Å²) in [5, 5.41) is 12.3. The Morgan fingerprint density at radius 1 is 1.15 bits per heavy atom. The van der Waals surface area contributed by atoms with Crippen molar-refractivity contribution in [2.24, 2.45) is 5.92 Å². The summed E-state index contributed by atoms with van der Waals surface area (Å²) in [5.41, 5.74) is 0.219. The fraction of sp³-hybridized carbons (Fsp3) is 0.579. The van der Waals surface area contributed by atoms with Gasteiger partial charge in [0.25, 0.3) is 5.91 Å². The summed E-state index contributed by atoms with van der Waals surface area (Å²) >= 11 is 0. The predicted molar refractivity (Wildman–Crippen MR) is 102 cm³/mol. The molecule has 1 saturated carbocycles. The molecule has 0 saturated heterocycles. The minimum atomic E-state index is -3.66. The molecular weight excluding hydrogens is 368 g/mol. The molecule has 0 bridgehead atoms. The van der Waals surface area contributed by atoms with Crippen molar-refractivity contribution in [1.29, 1.82) is 0 Å². The number of carboxylic acid groups (broad SMARTS) is 1. The molecule has 2 atom stereocenters. The number of aliphatic carboxylic acids is 1. The number of hydrogen-bond acceptors (Lipinski definition) is 4. The maximum atomic E-state index is 12.7. The number of carbonyl (C=O) groups is 2. The minimum absolute atomic E-state index is 0.0644. The van der Waals surface area contributed by atoms with Gasteiger partial charge in [0.1, 0.15) is 0 Å². The van der Waals surface area contributed by atoms with Gasteiger partial charge >= 0.3 is 5.97 Å². The molecule has 1 aromatic carbocycles. The quantitative estimate of drug-likeness (QED) is 0.689. The van der Waals surface area contributed by atoms with Gasteiger partial charge in [-0.3, -0.25) is 9.59 Å². The predicted octanol–water partition coefficient (Wildman–Crippen LogP) is 2.48. The first-order chi connectivity index (χ1) is 12.8. The molecule has 0 spiro atoms. The lowest BCUT2D eigenvalue weighted by molar-refractivity contribution is -0.142. The third kappa shape index (κ3) is 5.07. The van der Waals surface area contributed by atoms with Crippen molar-refractivity contribution >= 4 is 21.9 Å². The third-order valence-corrected chi connectivity index (χ3v) is 7.13. The molecule has 0 aliphatic heterocycles. The van der Waals surface area contributed by atoms with E-state index in [1.165, 1.54) is 22.5 Å². The molecule has 2 N–H and O–H groups in total. The number of nitrogens with zero attached hydrogens (tertiary/aromatic N) is 1. The zero-order chi connectivity index (χ0) is 20.0. The largest absolute Gasteiger partial charge is 0.481 e. The van der Waals surface area contributed by atoms with Gasteiger partial charge in [-0.2, -0.15) is 4.31 Å². The van der Waals surface area contributed by atoms with E-state index in [0.29, 0.717) is 25.9 Å². The van der Waals surface area contributed by atoms with E-state index in [2.05, 4.69) is 5.32 Å². The minimum Gasteiger partial charge on any atom is -0.481 e. The summed E-state index contributed by atoms with van der Waals surface area (Å²) in [6.07, 6.45) is 3.80. The molecule has 150 valence electrons. The molecule has 8 heteroatoms. The van der Waals surface area contributed by atoms with Crippen LogP contribution in [0.2, 0.25) is 0 Å². The zero-order valence-corrected chi connectivity index (χ0v) is 16.7. The Balaban J connectivity index is 2.23. The van der Waals surface area contributed by atoms with Crippen LogP contribution in [-0.2, 0) is 14.8 Å². The first-order valence-corrected chi connectivity index (χ1v) is 10.9. The van der Waals surface area contributed by atoms with E-state index in [-0.39, 0.29) is 10.5 Å². The Morgan fingerprint density at radius 3 is 2.44 bits per heavy atom. The topological polar surface area (TPSA) is 104 Å². The number of amides is 1. The second kappa shape index (κ2) is 9.32. The van der Waals surface area contributed by atoms with Crippen LogP contribution >= 0.6 is 0 Å². The van der Waals surface area contributed by atoms with Crippen molar-refractivity contribution in [3.63, 3.8) is 0 Å². The van der Waals surface area contributed by atoms with Crippen LogP contribution in [0.25, 0.3) is 0 Å². The van der Waals surface area contributed by atoms with E-state index in [4.69, 9.17) is 0 Å². The summed E-state index contributed by atoms with van der Waals surface area (Å²) in [5.74, 6) is -1.95. The van der Waals surface area contributed by atoms with Crippen molar-refractivity contribution in [3.8, 4) is 0 Å². The molecule has 1 aliphatic carbocycles. The maximum Gasteiger partial charge on any atom is 0.308 e. The molecule has 0 radical (unpaired) electrons. The fourth-order valence-corrected chi connectivity index (χ4v) is 5.04. The molecule has 1 aliphatic rings. The van der Waals surface area contributed by atoms with Gasteiger partial charge in [-0.1, -0.05) is 39.2 Å². The van der Waals surface area contributed by atoms with Crippen LogP contribution in [0.15, 0.2) is 29.2 Å². The molecule has 27 heavy (non-hydrogen) atoms. The van der Waals surface area contributed by atoms with Gasteiger partial charge in [0.2, 0.25) is 10.0 Å². The first kappa shape index (κ1) is 21.4. The highest BCUT2D eigenvalue weighted by Gasteiger charge is 2.31. The van der Waals surface area contributed by atoms with E-state index >= 15 is 0 Å². The van der Waals surface area contributed by atoms with Crippen molar-refractivity contribution in [2.75, 3.05) is 13.1 Å². The molecule has 1 amide bonds. The first-order valence-electron chi connectivity index (χ1n) is 9.45. The van der Waals surface area contributed by atoms with Crippen LogP contribution in [0.1, 0.15) is 56.3 Å². The van der Waals surface area contributed by atoms with Gasteiger partial charge in [0.05, 0.1) is 10.8 Å². The van der Waals surface area contributed by atoms with Crippen molar-refractivity contribution in [1.82, 2.24) is 9.62 Å². The standard InChI is InChI=1S/C19H28N2O5S/c1-3-21(4-2)27(25,26)15-10-8-9-14(13-15)18(22)20-17-12-7-5-6-11-16(17)19(23)24/h8-10,13,16-17H,3-7,11-12H2,1-2H3,(H,20,22)(H,23,24)/t16-,17+/m1/s1. The second-order valence-electron chi connectivity index (χ2n) is 6.78. The normalized spacial score (nSPS) is 20.9. The van der Waals surface area contributed by atoms with Crippen LogP contribution in [0.5, 0.6) is 0 Å². The molecule has 0 aromatic heterocycles. The van der Waals surface area contributed by atoms with Gasteiger partial charge < -0.3 is 10.4 Å². The summed E-state index contributed by atoms with van der Waals surface area (Å²) in [4.78, 5) is 24.3. The Kier molecular flexibility index (Phi) is 7.38. The molecule has 0 heterocycles. The Hall–Kier alpha value is -1.93. The van der Waals surface area contributed by atoms with E-state index in [1.54, 1.807) is 19.9 Å². The third-order valence-electron chi connectivity index (χ3n) is 5.09. The fourth-order valence-electron chi connectivity index (χ4n) is 3.54. The molecule has 0 unspecified atom stereocenters. The Labute approximate surface area is 160 Å². The number of hydrogen-bond donors (Lipinski definition) is 2. The van der Waals surface area contributed by atoms with Crippen LogP contribution < -0.4 is 5.32 Å². The average Bonchev–Trinajstić information content (AvgIpc) is 2.88. The van der Waals surface area contributed by atoms with Gasteiger partial charge in [-0.25, -0.2) is 8.42 Å². The van der Waals surface area contributed by atoms with Gasteiger partial charge in [-0.05, 0) is 31.0 Å². The van der Waals surface area contributed by atoms with Gasteiger partial charge in [-0.15, -0.1) is 0 Å². The zero-order valence-electron chi connectivity index (χ0n) is 15.8. The lowest BCUT2D eigenvalue weighted by atomic mass is 9.94. The second-order valence-corrected chi connectivity index (χ2v) is 8.72. The maximum absolute atomic E-state index is 12.7. The Bertz CT molecular complexity index is 774. The van der Waals surface area contributed by atoms with E-state index in [1.807, 2.05) is 0 Å². The van der Waals surface area contributed by atoms with Crippen molar-refractivity contribution in [3.05, 3.63) is 29.8 Å². The van der Waals surface area contributed by atoms with Crippen LogP contribution in [-0.4, -0.2) is 48.8 Å². The van der Waals surface area contributed by atoms with Crippen molar-refractivity contribution < 1.29 is 23.1 Å². The Morgan fingerprint density at radius 2 is 1.81 bits per heavy atom. The van der Waals surface area contributed by atoms with E-state index in [0.717, 1.165) is 19.3 Å². The molecular formula is C19H28N2O5S. The number of benzene rings is 1.